The van der Waals surface area contributed by atoms with Crippen LogP contribution < -0.4 is 5.32 Å². The topological polar surface area (TPSA) is 29.1 Å². The van der Waals surface area contributed by atoms with Gasteiger partial charge in [0.25, 0.3) is 0 Å². The number of hydrogen-bond acceptors (Lipinski definition) is 1. The lowest BCUT2D eigenvalue weighted by atomic mass is 9.87. The van der Waals surface area contributed by atoms with E-state index in [-0.39, 0.29) is 23.6 Å². The summed E-state index contributed by atoms with van der Waals surface area (Å²) in [5.41, 5.74) is 0.961. The molecule has 1 aromatic rings. The second-order valence-electron chi connectivity index (χ2n) is 6.47. The maximum absolute atomic E-state index is 13.2. The van der Waals surface area contributed by atoms with Crippen molar-refractivity contribution < 1.29 is 9.18 Å². The average Bonchev–Trinajstić information content (AvgIpc) is 3.22. The van der Waals surface area contributed by atoms with Crippen molar-refractivity contribution in [2.75, 3.05) is 0 Å². The van der Waals surface area contributed by atoms with Crippen LogP contribution in [0.15, 0.2) is 24.3 Å². The Hall–Kier alpha value is -1.38. The number of nitrogens with one attached hydrogen (secondary N) is 1. The van der Waals surface area contributed by atoms with Crippen molar-refractivity contribution in [2.24, 2.45) is 11.8 Å². The Morgan fingerprint density at radius 1 is 1.25 bits per heavy atom. The molecule has 0 heterocycles. The summed E-state index contributed by atoms with van der Waals surface area (Å²) in [4.78, 5) is 12.2. The molecule has 0 bridgehead atoms. The molecule has 0 aliphatic heterocycles. The van der Waals surface area contributed by atoms with Gasteiger partial charge in [-0.2, -0.15) is 0 Å². The molecule has 2 nitrogen and oxygen atoms in total. The van der Waals surface area contributed by atoms with Crippen LogP contribution in [0, 0.1) is 17.7 Å². The van der Waals surface area contributed by atoms with Gasteiger partial charge in [0.1, 0.15) is 5.82 Å². The van der Waals surface area contributed by atoms with Crippen molar-refractivity contribution in [1.29, 1.82) is 0 Å². The van der Waals surface area contributed by atoms with Gasteiger partial charge in [-0.25, -0.2) is 4.39 Å². The fourth-order valence-electron chi connectivity index (χ4n) is 3.30. The molecular formula is C17H22FNO. The van der Waals surface area contributed by atoms with Crippen LogP contribution in [0.4, 0.5) is 4.39 Å². The molecular weight excluding hydrogens is 253 g/mol. The fourth-order valence-corrected chi connectivity index (χ4v) is 3.30. The van der Waals surface area contributed by atoms with E-state index in [0.29, 0.717) is 6.04 Å². The number of carbonyl (C=O) groups is 1. The first-order valence-electron chi connectivity index (χ1n) is 7.69. The van der Waals surface area contributed by atoms with Crippen LogP contribution in [0.3, 0.4) is 0 Å². The minimum atomic E-state index is -0.213. The van der Waals surface area contributed by atoms with Gasteiger partial charge in [0.15, 0.2) is 0 Å². The number of hydrogen-bond donors (Lipinski definition) is 1. The molecule has 2 aliphatic carbocycles. The van der Waals surface area contributed by atoms with E-state index in [1.165, 1.54) is 18.9 Å². The predicted octanol–water partition coefficient (Wildman–Crippen LogP) is 3.62. The Kier molecular flexibility index (Phi) is 3.77. The summed E-state index contributed by atoms with van der Waals surface area (Å²) in [5.74, 6) is 1.02. The lowest BCUT2D eigenvalue weighted by Gasteiger charge is -2.27. The summed E-state index contributed by atoms with van der Waals surface area (Å²) in [7, 11) is 0. The van der Waals surface area contributed by atoms with E-state index in [9.17, 15) is 9.18 Å². The summed E-state index contributed by atoms with van der Waals surface area (Å²) in [6.45, 7) is 2.28. The molecule has 0 spiro atoms. The first-order chi connectivity index (χ1) is 9.63. The molecule has 0 aromatic heterocycles. The first-order valence-corrected chi connectivity index (χ1v) is 7.69. The molecule has 2 saturated carbocycles. The van der Waals surface area contributed by atoms with E-state index in [1.54, 1.807) is 12.1 Å². The van der Waals surface area contributed by atoms with Gasteiger partial charge in [0.05, 0.1) is 0 Å². The van der Waals surface area contributed by atoms with Crippen molar-refractivity contribution in [3.63, 3.8) is 0 Å². The summed E-state index contributed by atoms with van der Waals surface area (Å²) >= 11 is 0. The van der Waals surface area contributed by atoms with Crippen LogP contribution in [-0.2, 0) is 4.79 Å². The normalized spacial score (nSPS) is 32.7. The van der Waals surface area contributed by atoms with Crippen LogP contribution in [0.25, 0.3) is 0 Å². The van der Waals surface area contributed by atoms with Gasteiger partial charge in [-0.15, -0.1) is 0 Å². The highest BCUT2D eigenvalue weighted by molar-refractivity contribution is 5.83. The standard InChI is InChI=1S/C17H22FNO/c1-11-5-7-14(8-6-11)19-17(20)16-10-15(16)12-3-2-4-13(18)9-12/h2-4,9,11,14-16H,5-8,10H2,1H3,(H,19,20). The molecule has 2 unspecified atom stereocenters. The number of halogens is 1. The molecule has 1 amide bonds. The highest BCUT2D eigenvalue weighted by Crippen LogP contribution is 2.47. The molecule has 20 heavy (non-hydrogen) atoms. The summed E-state index contributed by atoms with van der Waals surface area (Å²) in [5, 5.41) is 3.18. The molecule has 0 radical (unpaired) electrons. The molecule has 108 valence electrons. The van der Waals surface area contributed by atoms with E-state index in [2.05, 4.69) is 12.2 Å². The zero-order valence-electron chi connectivity index (χ0n) is 11.9. The number of amides is 1. The lowest BCUT2D eigenvalue weighted by molar-refractivity contribution is -0.123. The Morgan fingerprint density at radius 2 is 2.00 bits per heavy atom. The van der Waals surface area contributed by atoms with Crippen molar-refractivity contribution >= 4 is 5.91 Å². The molecule has 3 rings (SSSR count). The van der Waals surface area contributed by atoms with Crippen LogP contribution in [-0.4, -0.2) is 11.9 Å². The minimum Gasteiger partial charge on any atom is -0.353 e. The van der Waals surface area contributed by atoms with E-state index in [4.69, 9.17) is 0 Å². The van der Waals surface area contributed by atoms with Gasteiger partial charge in [-0.1, -0.05) is 19.1 Å². The van der Waals surface area contributed by atoms with Crippen LogP contribution >= 0.6 is 0 Å². The predicted molar refractivity (Wildman–Crippen MR) is 76.8 cm³/mol. The van der Waals surface area contributed by atoms with Gasteiger partial charge >= 0.3 is 0 Å². The zero-order valence-corrected chi connectivity index (χ0v) is 11.9. The van der Waals surface area contributed by atoms with Crippen LogP contribution in [0.2, 0.25) is 0 Å². The largest absolute Gasteiger partial charge is 0.353 e. The quantitative estimate of drug-likeness (QED) is 0.896. The summed E-state index contributed by atoms with van der Waals surface area (Å²) in [6, 6.07) is 7.00. The van der Waals surface area contributed by atoms with Gasteiger partial charge in [0, 0.05) is 12.0 Å². The Labute approximate surface area is 119 Å². The number of benzene rings is 1. The lowest BCUT2D eigenvalue weighted by Crippen LogP contribution is -2.38. The Morgan fingerprint density at radius 3 is 2.70 bits per heavy atom. The van der Waals surface area contributed by atoms with E-state index in [0.717, 1.165) is 30.7 Å². The van der Waals surface area contributed by atoms with E-state index in [1.807, 2.05) is 6.07 Å². The van der Waals surface area contributed by atoms with E-state index >= 15 is 0 Å². The molecule has 3 heteroatoms. The third-order valence-electron chi connectivity index (χ3n) is 4.77. The highest BCUT2D eigenvalue weighted by atomic mass is 19.1. The highest BCUT2D eigenvalue weighted by Gasteiger charge is 2.44. The maximum Gasteiger partial charge on any atom is 0.223 e. The molecule has 1 N–H and O–H groups in total. The van der Waals surface area contributed by atoms with Crippen LogP contribution in [0.5, 0.6) is 0 Å². The first kappa shape index (κ1) is 13.6. The number of rotatable bonds is 3. The minimum absolute atomic E-state index is 0.0520. The Balaban J connectivity index is 1.53. The monoisotopic (exact) mass is 275 g/mol. The molecule has 1 aromatic carbocycles. The number of carbonyl (C=O) groups excluding carboxylic acids is 1. The fraction of sp³-hybridized carbons (Fsp3) is 0.588. The zero-order chi connectivity index (χ0) is 14.1. The summed E-state index contributed by atoms with van der Waals surface area (Å²) in [6.07, 6.45) is 5.48. The van der Waals surface area contributed by atoms with Gasteiger partial charge in [-0.05, 0) is 61.6 Å². The maximum atomic E-state index is 13.2. The Bertz CT molecular complexity index is 494. The summed E-state index contributed by atoms with van der Waals surface area (Å²) < 4.78 is 13.2. The third kappa shape index (κ3) is 3.02. The van der Waals surface area contributed by atoms with Gasteiger partial charge in [0.2, 0.25) is 5.91 Å². The van der Waals surface area contributed by atoms with E-state index < -0.39 is 0 Å². The van der Waals surface area contributed by atoms with Gasteiger partial charge in [-0.3, -0.25) is 4.79 Å². The van der Waals surface area contributed by atoms with Crippen molar-refractivity contribution in [3.8, 4) is 0 Å². The molecule has 2 atom stereocenters. The average molecular weight is 275 g/mol. The second-order valence-corrected chi connectivity index (χ2v) is 6.47. The van der Waals surface area contributed by atoms with Crippen molar-refractivity contribution in [2.45, 2.75) is 51.0 Å². The van der Waals surface area contributed by atoms with Crippen molar-refractivity contribution in [3.05, 3.63) is 35.6 Å². The SMILES string of the molecule is CC1CCC(NC(=O)C2CC2c2cccc(F)c2)CC1. The molecule has 0 saturated heterocycles. The molecule has 2 aliphatic rings. The third-order valence-corrected chi connectivity index (χ3v) is 4.77. The molecule has 2 fully saturated rings. The van der Waals surface area contributed by atoms with Gasteiger partial charge < -0.3 is 5.32 Å². The van der Waals surface area contributed by atoms with Crippen molar-refractivity contribution in [1.82, 2.24) is 5.32 Å². The second kappa shape index (κ2) is 5.55. The smallest absolute Gasteiger partial charge is 0.223 e. The van der Waals surface area contributed by atoms with Crippen LogP contribution in [0.1, 0.15) is 50.5 Å².